The number of anilines is 2. The van der Waals surface area contributed by atoms with E-state index >= 15 is 0 Å². The number of halogens is 1. The van der Waals surface area contributed by atoms with Crippen LogP contribution in [0.4, 0.5) is 11.4 Å². The molecule has 78 valence electrons. The fourth-order valence-corrected chi connectivity index (χ4v) is 1.32. The van der Waals surface area contributed by atoms with Gasteiger partial charge in [-0.1, -0.05) is 6.07 Å². The monoisotopic (exact) mass is 308 g/mol. The Kier molecular flexibility index (Phi) is 4.39. The quantitative estimate of drug-likeness (QED) is 0.498. The van der Waals surface area contributed by atoms with Crippen LogP contribution in [0.1, 0.15) is 5.56 Å². The molecule has 0 fully saturated rings. The van der Waals surface area contributed by atoms with E-state index in [0.717, 1.165) is 5.56 Å². The predicted octanol–water partition coefficient (Wildman–Crippen LogP) is 1.36. The van der Waals surface area contributed by atoms with Crippen LogP contribution in [-0.2, 0) is 9.59 Å². The average molecular weight is 308 g/mol. The molecule has 0 aromatic heterocycles. The molecule has 0 saturated heterocycles. The molecule has 0 bridgehead atoms. The standard InChI is InChI=1S/C8H11IN3O2/c9-14-12(13)8-5-6(3-4-10)1-2-7(8)11/h1-2,5H,3-4,10-11H2/q-1. The lowest BCUT2D eigenvalue weighted by Gasteiger charge is -2.26. The molecule has 0 spiro atoms. The Labute approximate surface area is 96.2 Å². The van der Waals surface area contributed by atoms with Crippen LogP contribution in [0, 0.1) is 5.21 Å². The SMILES string of the molecule is NCCc1ccc(N)c(N([O-])OI)c1. The Morgan fingerprint density at radius 3 is 2.79 bits per heavy atom. The summed E-state index contributed by atoms with van der Waals surface area (Å²) in [4.78, 5) is 0. The molecule has 14 heavy (non-hydrogen) atoms. The molecule has 1 rings (SSSR count). The summed E-state index contributed by atoms with van der Waals surface area (Å²) in [5.41, 5.74) is 12.7. The molecular weight excluding hydrogens is 297 g/mol. The van der Waals surface area contributed by atoms with Gasteiger partial charge in [-0.2, -0.15) is 0 Å². The first kappa shape index (κ1) is 11.5. The second-order valence-electron chi connectivity index (χ2n) is 2.76. The molecule has 4 N–H and O–H groups in total. The Balaban J connectivity index is 2.95. The molecule has 0 aliphatic heterocycles. The van der Waals surface area contributed by atoms with Crippen molar-refractivity contribution in [1.29, 1.82) is 0 Å². The second-order valence-corrected chi connectivity index (χ2v) is 3.15. The van der Waals surface area contributed by atoms with Crippen molar-refractivity contribution in [2.45, 2.75) is 6.42 Å². The summed E-state index contributed by atoms with van der Waals surface area (Å²) < 4.78 is 4.49. The summed E-state index contributed by atoms with van der Waals surface area (Å²) in [5.74, 6) is 0. The number of benzene rings is 1. The smallest absolute Gasteiger partial charge is 0.144 e. The first-order valence-electron chi connectivity index (χ1n) is 4.03. The number of nitrogen functional groups attached to an aromatic ring is 1. The van der Waals surface area contributed by atoms with Gasteiger partial charge in [-0.3, -0.25) is 0 Å². The number of nitrogens with zero attached hydrogens (tertiary/aromatic N) is 1. The van der Waals surface area contributed by atoms with E-state index in [1.165, 1.54) is 23.0 Å². The van der Waals surface area contributed by atoms with Crippen molar-refractivity contribution in [2.24, 2.45) is 5.73 Å². The summed E-state index contributed by atoms with van der Waals surface area (Å²) in [6.07, 6.45) is 0.711. The van der Waals surface area contributed by atoms with Crippen molar-refractivity contribution < 1.29 is 3.17 Å². The van der Waals surface area contributed by atoms with Crippen molar-refractivity contribution in [2.75, 3.05) is 17.5 Å². The average Bonchev–Trinajstić information content (AvgIpc) is 2.20. The normalized spacial score (nSPS) is 10.2. The molecule has 0 aliphatic rings. The zero-order valence-corrected chi connectivity index (χ0v) is 9.60. The summed E-state index contributed by atoms with van der Waals surface area (Å²) in [5, 5.41) is 11.5. The maximum Gasteiger partial charge on any atom is 0.144 e. The van der Waals surface area contributed by atoms with Crippen LogP contribution in [-0.4, -0.2) is 6.54 Å². The van der Waals surface area contributed by atoms with Crippen molar-refractivity contribution in [1.82, 2.24) is 0 Å². The molecule has 0 heterocycles. The van der Waals surface area contributed by atoms with Crippen LogP contribution >= 0.6 is 23.0 Å². The zero-order chi connectivity index (χ0) is 10.6. The minimum Gasteiger partial charge on any atom is -0.733 e. The van der Waals surface area contributed by atoms with Gasteiger partial charge in [0.05, 0.1) is 11.4 Å². The zero-order valence-electron chi connectivity index (χ0n) is 7.44. The summed E-state index contributed by atoms with van der Waals surface area (Å²) in [6, 6.07) is 5.18. The van der Waals surface area contributed by atoms with Gasteiger partial charge >= 0.3 is 0 Å². The predicted molar refractivity (Wildman–Crippen MR) is 64.6 cm³/mol. The molecule has 0 radical (unpaired) electrons. The molecule has 5 nitrogen and oxygen atoms in total. The van der Waals surface area contributed by atoms with E-state index in [-0.39, 0.29) is 0 Å². The van der Waals surface area contributed by atoms with E-state index in [1.54, 1.807) is 12.1 Å². The maximum atomic E-state index is 11.2. The van der Waals surface area contributed by atoms with Crippen LogP contribution in [0.2, 0.25) is 0 Å². The Morgan fingerprint density at radius 1 is 1.50 bits per heavy atom. The van der Waals surface area contributed by atoms with Gasteiger partial charge in [0.2, 0.25) is 0 Å². The highest BCUT2D eigenvalue weighted by atomic mass is 127. The van der Waals surface area contributed by atoms with Gasteiger partial charge in [-0.25, -0.2) is 3.17 Å². The number of hydrogen-bond donors (Lipinski definition) is 2. The fourth-order valence-electron chi connectivity index (χ4n) is 1.11. The molecule has 0 unspecified atom stereocenters. The van der Waals surface area contributed by atoms with Gasteiger partial charge in [0.15, 0.2) is 0 Å². The van der Waals surface area contributed by atoms with Gasteiger partial charge in [-0.15, -0.1) is 0 Å². The van der Waals surface area contributed by atoms with E-state index in [9.17, 15) is 5.21 Å². The van der Waals surface area contributed by atoms with Crippen molar-refractivity contribution in [3.63, 3.8) is 0 Å². The number of hydrogen-bond acceptors (Lipinski definition) is 5. The number of nitrogens with two attached hydrogens (primary N) is 2. The van der Waals surface area contributed by atoms with E-state index in [2.05, 4.69) is 3.17 Å². The third kappa shape index (κ3) is 2.71. The third-order valence-corrected chi connectivity index (χ3v) is 2.14. The third-order valence-electron chi connectivity index (χ3n) is 1.79. The van der Waals surface area contributed by atoms with E-state index in [0.29, 0.717) is 29.6 Å². The Hall–Kier alpha value is -0.570. The highest BCUT2D eigenvalue weighted by molar-refractivity contribution is 14.1. The molecule has 1 aromatic rings. The maximum absolute atomic E-state index is 11.2. The van der Waals surface area contributed by atoms with Crippen LogP contribution < -0.4 is 16.7 Å². The van der Waals surface area contributed by atoms with Gasteiger partial charge in [0.1, 0.15) is 23.0 Å². The lowest BCUT2D eigenvalue weighted by molar-refractivity contribution is 0.433. The molecule has 0 saturated carbocycles. The second kappa shape index (κ2) is 5.35. The Bertz CT molecular complexity index is 309. The minimum atomic E-state index is 0.311. The highest BCUT2D eigenvalue weighted by Crippen LogP contribution is 2.25. The van der Waals surface area contributed by atoms with Crippen LogP contribution in [0.25, 0.3) is 0 Å². The van der Waals surface area contributed by atoms with Gasteiger partial charge in [-0.05, 0) is 30.7 Å². The number of rotatable bonds is 4. The molecule has 0 aliphatic carbocycles. The first-order chi connectivity index (χ1) is 6.69. The summed E-state index contributed by atoms with van der Waals surface area (Å²) in [7, 11) is 0. The van der Waals surface area contributed by atoms with Gasteiger partial charge < -0.3 is 21.9 Å². The molecular formula is C8H11IN3O2-. The van der Waals surface area contributed by atoms with Crippen molar-refractivity contribution in [3.05, 3.63) is 29.0 Å². The van der Waals surface area contributed by atoms with Crippen LogP contribution in [0.5, 0.6) is 0 Å². The first-order valence-corrected chi connectivity index (χ1v) is 4.91. The minimum absolute atomic E-state index is 0.311. The van der Waals surface area contributed by atoms with Crippen LogP contribution in [0.3, 0.4) is 0 Å². The van der Waals surface area contributed by atoms with Crippen molar-refractivity contribution in [3.8, 4) is 0 Å². The molecule has 6 heteroatoms. The topological polar surface area (TPSA) is 87.6 Å². The van der Waals surface area contributed by atoms with Gasteiger partial charge in [0.25, 0.3) is 0 Å². The van der Waals surface area contributed by atoms with Gasteiger partial charge in [0, 0.05) is 0 Å². The largest absolute Gasteiger partial charge is 0.733 e. The summed E-state index contributed by atoms with van der Waals surface area (Å²) in [6.45, 7) is 0.535. The molecule has 0 atom stereocenters. The van der Waals surface area contributed by atoms with E-state index in [4.69, 9.17) is 11.5 Å². The molecule has 1 aromatic carbocycles. The Morgan fingerprint density at radius 2 is 2.21 bits per heavy atom. The van der Waals surface area contributed by atoms with Crippen LogP contribution in [0.15, 0.2) is 18.2 Å². The fraction of sp³-hybridized carbons (Fsp3) is 0.250. The lowest BCUT2D eigenvalue weighted by atomic mass is 10.1. The van der Waals surface area contributed by atoms with E-state index in [1.807, 2.05) is 6.07 Å². The highest BCUT2D eigenvalue weighted by Gasteiger charge is 2.02. The van der Waals surface area contributed by atoms with E-state index < -0.39 is 0 Å². The summed E-state index contributed by atoms with van der Waals surface area (Å²) >= 11 is 1.50. The van der Waals surface area contributed by atoms with Crippen molar-refractivity contribution >= 4 is 34.4 Å². The molecule has 0 amide bonds. The lowest BCUT2D eigenvalue weighted by Crippen LogP contribution is -2.12.